The minimum atomic E-state index is -0.113. The van der Waals surface area contributed by atoms with Crippen molar-refractivity contribution >= 4 is 11.8 Å². The highest BCUT2D eigenvalue weighted by Gasteiger charge is 2.45. The van der Waals surface area contributed by atoms with Crippen LogP contribution >= 0.6 is 0 Å². The van der Waals surface area contributed by atoms with E-state index in [1.54, 1.807) is 0 Å². The number of nitrogens with one attached hydrogen (secondary N) is 1. The average Bonchev–Trinajstić information content (AvgIpc) is 2.51. The van der Waals surface area contributed by atoms with Crippen LogP contribution in [0.25, 0.3) is 0 Å². The maximum absolute atomic E-state index is 11.7. The van der Waals surface area contributed by atoms with E-state index in [4.69, 9.17) is 0 Å². The third-order valence-corrected chi connectivity index (χ3v) is 3.75. The van der Waals surface area contributed by atoms with E-state index in [9.17, 15) is 9.59 Å². The highest BCUT2D eigenvalue weighted by atomic mass is 16.2. The monoisotopic (exact) mass is 211 g/mol. The molecule has 86 valence electrons. The third-order valence-electron chi connectivity index (χ3n) is 3.75. The largest absolute Gasteiger partial charge is 0.296 e. The van der Waals surface area contributed by atoms with Crippen LogP contribution in [0, 0.1) is 23.7 Å². The molecule has 3 nitrogen and oxygen atoms in total. The minimum absolute atomic E-state index is 0.0698. The zero-order chi connectivity index (χ0) is 11.6. The molecule has 1 N–H and O–H groups in total. The number of hydrogen-bond acceptors (Lipinski definition) is 2. The van der Waals surface area contributed by atoms with Crippen LogP contribution < -0.4 is 5.32 Å². The Morgan fingerprint density at radius 3 is 1.60 bits per heavy atom. The van der Waals surface area contributed by atoms with Gasteiger partial charge in [-0.05, 0) is 11.8 Å². The van der Waals surface area contributed by atoms with Crippen molar-refractivity contribution in [1.82, 2.24) is 5.32 Å². The highest BCUT2D eigenvalue weighted by molar-refractivity contribution is 6.05. The quantitative estimate of drug-likeness (QED) is 0.723. The summed E-state index contributed by atoms with van der Waals surface area (Å²) in [4.78, 5) is 23.4. The van der Waals surface area contributed by atoms with Gasteiger partial charge >= 0.3 is 0 Å². The van der Waals surface area contributed by atoms with Crippen molar-refractivity contribution in [1.29, 1.82) is 0 Å². The van der Waals surface area contributed by atoms with Gasteiger partial charge in [-0.2, -0.15) is 0 Å². The maximum atomic E-state index is 11.7. The third kappa shape index (κ3) is 2.21. The molecule has 0 saturated carbocycles. The first-order valence-corrected chi connectivity index (χ1v) is 5.87. The summed E-state index contributed by atoms with van der Waals surface area (Å²) in [6.45, 7) is 8.24. The molecule has 2 amide bonds. The average molecular weight is 211 g/mol. The summed E-state index contributed by atoms with van der Waals surface area (Å²) in [7, 11) is 0. The number of imide groups is 1. The van der Waals surface area contributed by atoms with Crippen molar-refractivity contribution in [2.24, 2.45) is 23.7 Å². The topological polar surface area (TPSA) is 46.2 Å². The van der Waals surface area contributed by atoms with Crippen LogP contribution in [0.1, 0.15) is 40.5 Å². The van der Waals surface area contributed by atoms with Gasteiger partial charge in [0.1, 0.15) is 0 Å². The van der Waals surface area contributed by atoms with Crippen LogP contribution in [0.2, 0.25) is 0 Å². The van der Waals surface area contributed by atoms with E-state index in [-0.39, 0.29) is 35.5 Å². The molecule has 0 aliphatic carbocycles. The second-order valence-electron chi connectivity index (χ2n) is 4.68. The molecule has 1 saturated heterocycles. The molecular weight excluding hydrogens is 190 g/mol. The van der Waals surface area contributed by atoms with Crippen LogP contribution in [-0.4, -0.2) is 11.8 Å². The Balaban J connectivity index is 2.89. The van der Waals surface area contributed by atoms with E-state index >= 15 is 0 Å². The van der Waals surface area contributed by atoms with Gasteiger partial charge in [0, 0.05) is 0 Å². The first kappa shape index (κ1) is 12.2. The molecular formula is C12H21NO2. The van der Waals surface area contributed by atoms with Gasteiger partial charge in [-0.25, -0.2) is 0 Å². The molecule has 0 aromatic carbocycles. The summed E-state index contributed by atoms with van der Waals surface area (Å²) < 4.78 is 0. The Labute approximate surface area is 91.6 Å². The van der Waals surface area contributed by atoms with Crippen molar-refractivity contribution in [2.75, 3.05) is 0 Å². The highest BCUT2D eigenvalue weighted by Crippen LogP contribution is 2.34. The predicted molar refractivity (Wildman–Crippen MR) is 59.0 cm³/mol. The van der Waals surface area contributed by atoms with E-state index < -0.39 is 0 Å². The fourth-order valence-electron chi connectivity index (χ4n) is 2.35. The van der Waals surface area contributed by atoms with Crippen molar-refractivity contribution in [3.63, 3.8) is 0 Å². The standard InChI is InChI=1S/C12H21NO2/c1-5-7(3)9-10(8(4)6-2)12(15)13-11(9)14/h7-10H,5-6H2,1-4H3,(H,13,14,15). The lowest BCUT2D eigenvalue weighted by Crippen LogP contribution is -2.29. The molecule has 0 aromatic rings. The summed E-state index contributed by atoms with van der Waals surface area (Å²) in [5, 5.41) is 2.47. The Hall–Kier alpha value is -0.860. The molecule has 4 unspecified atom stereocenters. The molecule has 1 aliphatic rings. The molecule has 1 aliphatic heterocycles. The zero-order valence-electron chi connectivity index (χ0n) is 10.0. The van der Waals surface area contributed by atoms with Crippen molar-refractivity contribution < 1.29 is 9.59 Å². The van der Waals surface area contributed by atoms with Gasteiger partial charge in [0.15, 0.2) is 0 Å². The number of amides is 2. The summed E-state index contributed by atoms with van der Waals surface area (Å²) in [6, 6.07) is 0. The molecule has 0 radical (unpaired) electrons. The Morgan fingerprint density at radius 1 is 1.00 bits per heavy atom. The lowest BCUT2D eigenvalue weighted by atomic mass is 9.76. The van der Waals surface area contributed by atoms with E-state index in [1.807, 2.05) is 0 Å². The molecule has 0 bridgehead atoms. The fraction of sp³-hybridized carbons (Fsp3) is 0.833. The molecule has 1 heterocycles. The van der Waals surface area contributed by atoms with E-state index in [0.29, 0.717) is 0 Å². The molecule has 1 fully saturated rings. The summed E-state index contributed by atoms with van der Waals surface area (Å²) in [6.07, 6.45) is 1.89. The molecule has 0 aromatic heterocycles. The molecule has 3 heteroatoms. The molecule has 15 heavy (non-hydrogen) atoms. The molecule has 0 spiro atoms. The second kappa shape index (κ2) is 4.77. The number of carbonyl (C=O) groups is 2. The van der Waals surface area contributed by atoms with E-state index in [1.165, 1.54) is 0 Å². The van der Waals surface area contributed by atoms with Crippen molar-refractivity contribution in [3.05, 3.63) is 0 Å². The smallest absolute Gasteiger partial charge is 0.230 e. The van der Waals surface area contributed by atoms with Gasteiger partial charge in [-0.1, -0.05) is 40.5 Å². The lowest BCUT2D eigenvalue weighted by Gasteiger charge is -2.24. The normalized spacial score (nSPS) is 30.1. The number of hydrogen-bond donors (Lipinski definition) is 1. The fourth-order valence-corrected chi connectivity index (χ4v) is 2.35. The Morgan fingerprint density at radius 2 is 1.33 bits per heavy atom. The van der Waals surface area contributed by atoms with Gasteiger partial charge < -0.3 is 0 Å². The van der Waals surface area contributed by atoms with Crippen LogP contribution in [0.5, 0.6) is 0 Å². The minimum Gasteiger partial charge on any atom is -0.296 e. The molecule has 4 atom stereocenters. The van der Waals surface area contributed by atoms with E-state index in [0.717, 1.165) is 12.8 Å². The van der Waals surface area contributed by atoms with Crippen LogP contribution in [0.15, 0.2) is 0 Å². The van der Waals surface area contributed by atoms with Gasteiger partial charge in [-0.15, -0.1) is 0 Å². The van der Waals surface area contributed by atoms with Gasteiger partial charge in [0.25, 0.3) is 0 Å². The van der Waals surface area contributed by atoms with Crippen molar-refractivity contribution in [2.45, 2.75) is 40.5 Å². The van der Waals surface area contributed by atoms with Gasteiger partial charge in [0.05, 0.1) is 11.8 Å². The van der Waals surface area contributed by atoms with E-state index in [2.05, 4.69) is 33.0 Å². The summed E-state index contributed by atoms with van der Waals surface area (Å²) in [5.74, 6) is 0.208. The van der Waals surface area contributed by atoms with Crippen LogP contribution in [0.4, 0.5) is 0 Å². The SMILES string of the molecule is CCC(C)C1C(=O)NC(=O)C1C(C)CC. The lowest BCUT2D eigenvalue weighted by molar-refractivity contribution is -0.126. The summed E-state index contributed by atoms with van der Waals surface area (Å²) in [5.41, 5.74) is 0. The first-order chi connectivity index (χ1) is 7.02. The van der Waals surface area contributed by atoms with Crippen LogP contribution in [-0.2, 0) is 9.59 Å². The number of rotatable bonds is 4. The Bertz CT molecular complexity index is 236. The zero-order valence-corrected chi connectivity index (χ0v) is 10.0. The first-order valence-electron chi connectivity index (χ1n) is 5.87. The van der Waals surface area contributed by atoms with Gasteiger partial charge in [-0.3, -0.25) is 14.9 Å². The van der Waals surface area contributed by atoms with Gasteiger partial charge in [0.2, 0.25) is 11.8 Å². The molecule has 1 rings (SSSR count). The van der Waals surface area contributed by atoms with Crippen molar-refractivity contribution in [3.8, 4) is 0 Å². The number of carbonyl (C=O) groups excluding carboxylic acids is 2. The maximum Gasteiger partial charge on any atom is 0.230 e. The predicted octanol–water partition coefficient (Wildman–Crippen LogP) is 1.97. The van der Waals surface area contributed by atoms with Crippen LogP contribution in [0.3, 0.4) is 0 Å². The summed E-state index contributed by atoms with van der Waals surface area (Å²) >= 11 is 0. The Kier molecular flexibility index (Phi) is 3.89. The second-order valence-corrected chi connectivity index (χ2v) is 4.68.